The molecule has 0 bridgehead atoms. The first kappa shape index (κ1) is 23.4. The highest BCUT2D eigenvalue weighted by atomic mass is 35.5. The number of hydrogen-bond acceptors (Lipinski definition) is 6. The molecule has 0 aliphatic heterocycles. The maximum absolute atomic E-state index is 6.52. The van der Waals surface area contributed by atoms with Gasteiger partial charge < -0.3 is 14.8 Å². The van der Waals surface area contributed by atoms with Crippen LogP contribution in [0.1, 0.15) is 37.8 Å². The van der Waals surface area contributed by atoms with Gasteiger partial charge in [0, 0.05) is 39.8 Å². The Balaban J connectivity index is 1.73. The first-order valence-electron chi connectivity index (χ1n) is 10.0. The molecule has 0 spiro atoms. The van der Waals surface area contributed by atoms with Crippen LogP contribution in [0.4, 0.5) is 5.95 Å². The summed E-state index contributed by atoms with van der Waals surface area (Å²) in [5.74, 6) is 1.73. The maximum atomic E-state index is 6.52. The van der Waals surface area contributed by atoms with Gasteiger partial charge in [0.05, 0.1) is 6.61 Å². The van der Waals surface area contributed by atoms with E-state index in [0.717, 1.165) is 30.5 Å². The van der Waals surface area contributed by atoms with E-state index in [-0.39, 0.29) is 6.61 Å². The number of hydrogen-bond donors (Lipinski definition) is 1. The normalized spacial score (nSPS) is 10.9. The maximum Gasteiger partial charge on any atom is 0.243 e. The van der Waals surface area contributed by atoms with Crippen LogP contribution in [0.5, 0.6) is 11.5 Å². The van der Waals surface area contributed by atoms with Crippen LogP contribution >= 0.6 is 34.8 Å². The van der Waals surface area contributed by atoms with E-state index in [1.807, 2.05) is 19.1 Å². The number of tetrazole rings is 1. The number of aromatic nitrogens is 4. The predicted molar refractivity (Wildman–Crippen MR) is 123 cm³/mol. The van der Waals surface area contributed by atoms with Crippen LogP contribution < -0.4 is 14.8 Å². The molecule has 10 heteroatoms. The van der Waals surface area contributed by atoms with Crippen molar-refractivity contribution in [1.29, 1.82) is 0 Å². The van der Waals surface area contributed by atoms with Crippen molar-refractivity contribution in [3.05, 3.63) is 56.5 Å². The van der Waals surface area contributed by atoms with E-state index in [2.05, 4.69) is 27.8 Å². The Morgan fingerprint density at radius 2 is 1.74 bits per heavy atom. The van der Waals surface area contributed by atoms with Crippen molar-refractivity contribution in [2.24, 2.45) is 0 Å². The molecule has 2 aromatic carbocycles. The standard InChI is InChI=1S/C21H24Cl3N5O2/c1-3-5-8-29-21(26-27-28-29)25-12-15-9-19(30-4-2)20(11-18(15)24)31-13-14-6-7-16(22)10-17(14)23/h6-7,9-11H,3-5,8,12-13H2,1-2H3,(H,25,26,28). The second-order valence-electron chi connectivity index (χ2n) is 6.78. The third-order valence-corrected chi connectivity index (χ3v) is 5.44. The highest BCUT2D eigenvalue weighted by Gasteiger charge is 2.14. The topological polar surface area (TPSA) is 74.1 Å². The molecule has 1 N–H and O–H groups in total. The first-order chi connectivity index (χ1) is 15.0. The molecule has 0 aliphatic carbocycles. The van der Waals surface area contributed by atoms with E-state index in [1.54, 1.807) is 22.9 Å². The molecular weight excluding hydrogens is 461 g/mol. The number of benzene rings is 2. The smallest absolute Gasteiger partial charge is 0.243 e. The Morgan fingerprint density at radius 3 is 2.48 bits per heavy atom. The van der Waals surface area contributed by atoms with Crippen LogP contribution in [0.2, 0.25) is 15.1 Å². The van der Waals surface area contributed by atoms with Gasteiger partial charge in [-0.15, -0.1) is 0 Å². The third kappa shape index (κ3) is 6.38. The number of aryl methyl sites for hydroxylation is 1. The summed E-state index contributed by atoms with van der Waals surface area (Å²) in [6.07, 6.45) is 2.06. The van der Waals surface area contributed by atoms with Crippen LogP contribution in [0.25, 0.3) is 0 Å². The van der Waals surface area contributed by atoms with Gasteiger partial charge in [0.2, 0.25) is 5.95 Å². The third-order valence-electron chi connectivity index (χ3n) is 4.50. The highest BCUT2D eigenvalue weighted by molar-refractivity contribution is 6.35. The van der Waals surface area contributed by atoms with Gasteiger partial charge in [-0.3, -0.25) is 0 Å². The molecule has 0 saturated carbocycles. The summed E-state index contributed by atoms with van der Waals surface area (Å²) < 4.78 is 13.5. The van der Waals surface area contributed by atoms with Gasteiger partial charge in [-0.1, -0.05) is 59.3 Å². The van der Waals surface area contributed by atoms with E-state index in [1.165, 1.54) is 0 Å². The van der Waals surface area contributed by atoms with Crippen molar-refractivity contribution in [3.8, 4) is 11.5 Å². The first-order valence-corrected chi connectivity index (χ1v) is 11.2. The van der Waals surface area contributed by atoms with Crippen molar-refractivity contribution >= 4 is 40.8 Å². The minimum absolute atomic E-state index is 0.260. The van der Waals surface area contributed by atoms with Gasteiger partial charge >= 0.3 is 0 Å². The number of unbranched alkanes of at least 4 members (excludes halogenated alkanes) is 1. The lowest BCUT2D eigenvalue weighted by Gasteiger charge is -2.16. The molecule has 7 nitrogen and oxygen atoms in total. The van der Waals surface area contributed by atoms with E-state index < -0.39 is 0 Å². The zero-order valence-electron chi connectivity index (χ0n) is 17.4. The quantitative estimate of drug-likeness (QED) is 0.358. The Labute approximate surface area is 196 Å². The van der Waals surface area contributed by atoms with Crippen molar-refractivity contribution in [3.63, 3.8) is 0 Å². The van der Waals surface area contributed by atoms with Crippen molar-refractivity contribution in [2.45, 2.75) is 46.4 Å². The largest absolute Gasteiger partial charge is 0.490 e. The second-order valence-corrected chi connectivity index (χ2v) is 8.03. The lowest BCUT2D eigenvalue weighted by Crippen LogP contribution is -2.10. The number of nitrogens with zero attached hydrogens (tertiary/aromatic N) is 4. The molecule has 0 unspecified atom stereocenters. The fraction of sp³-hybridized carbons (Fsp3) is 0.381. The summed E-state index contributed by atoms with van der Waals surface area (Å²) >= 11 is 18.7. The van der Waals surface area contributed by atoms with E-state index in [4.69, 9.17) is 44.3 Å². The summed E-state index contributed by atoms with van der Waals surface area (Å²) in [6.45, 7) is 5.97. The van der Waals surface area contributed by atoms with Crippen LogP contribution in [-0.4, -0.2) is 26.8 Å². The zero-order chi connectivity index (χ0) is 22.2. The molecule has 3 rings (SSSR count). The monoisotopic (exact) mass is 483 g/mol. The van der Waals surface area contributed by atoms with Crippen molar-refractivity contribution in [1.82, 2.24) is 20.2 Å². The van der Waals surface area contributed by atoms with Crippen LogP contribution in [0, 0.1) is 0 Å². The molecule has 0 saturated heterocycles. The molecule has 1 heterocycles. The average Bonchev–Trinajstić information content (AvgIpc) is 3.19. The van der Waals surface area contributed by atoms with Gasteiger partial charge in [-0.2, -0.15) is 0 Å². The molecule has 31 heavy (non-hydrogen) atoms. The molecule has 166 valence electrons. The number of nitrogens with one attached hydrogen (secondary N) is 1. The molecule has 1 aromatic heterocycles. The van der Waals surface area contributed by atoms with Crippen LogP contribution in [0.3, 0.4) is 0 Å². The molecular formula is C21H24Cl3N5O2. The summed E-state index contributed by atoms with van der Waals surface area (Å²) in [5.41, 5.74) is 1.65. The number of ether oxygens (including phenoxy) is 2. The zero-order valence-corrected chi connectivity index (χ0v) is 19.6. The SMILES string of the molecule is CCCCn1nnnc1NCc1cc(OCC)c(OCc2ccc(Cl)cc2Cl)cc1Cl. The Morgan fingerprint density at radius 1 is 0.968 bits per heavy atom. The molecule has 3 aromatic rings. The number of anilines is 1. The Kier molecular flexibility index (Phi) is 8.63. The van der Waals surface area contributed by atoms with E-state index >= 15 is 0 Å². The van der Waals surface area contributed by atoms with Crippen LogP contribution in [-0.2, 0) is 19.7 Å². The molecule has 0 aliphatic rings. The van der Waals surface area contributed by atoms with Crippen LogP contribution in [0.15, 0.2) is 30.3 Å². The lowest BCUT2D eigenvalue weighted by atomic mass is 10.2. The second kappa shape index (κ2) is 11.4. The average molecular weight is 485 g/mol. The molecule has 0 fully saturated rings. The van der Waals surface area contributed by atoms with Crippen molar-refractivity contribution < 1.29 is 9.47 Å². The lowest BCUT2D eigenvalue weighted by molar-refractivity contribution is 0.269. The number of halogens is 3. The molecule has 0 amide bonds. The van der Waals surface area contributed by atoms with Gasteiger partial charge in [-0.25, -0.2) is 4.68 Å². The van der Waals surface area contributed by atoms with E-state index in [0.29, 0.717) is 45.7 Å². The summed E-state index contributed by atoms with van der Waals surface area (Å²) in [4.78, 5) is 0. The summed E-state index contributed by atoms with van der Waals surface area (Å²) in [7, 11) is 0. The Hall–Kier alpha value is -2.22. The molecule has 0 radical (unpaired) electrons. The predicted octanol–water partition coefficient (Wildman–Crippen LogP) is 6.02. The fourth-order valence-electron chi connectivity index (χ4n) is 2.85. The van der Waals surface area contributed by atoms with Gasteiger partial charge in [0.15, 0.2) is 11.5 Å². The van der Waals surface area contributed by atoms with Crippen molar-refractivity contribution in [2.75, 3.05) is 11.9 Å². The summed E-state index contributed by atoms with van der Waals surface area (Å²) in [5, 5.41) is 16.7. The minimum atomic E-state index is 0.260. The van der Waals surface area contributed by atoms with Gasteiger partial charge in [0.25, 0.3) is 0 Å². The fourth-order valence-corrected chi connectivity index (χ4v) is 3.54. The number of rotatable bonds is 11. The molecule has 0 atom stereocenters. The van der Waals surface area contributed by atoms with Gasteiger partial charge in [0.1, 0.15) is 6.61 Å². The minimum Gasteiger partial charge on any atom is -0.490 e. The Bertz CT molecular complexity index is 1010. The summed E-state index contributed by atoms with van der Waals surface area (Å²) in [6, 6.07) is 8.88. The highest BCUT2D eigenvalue weighted by Crippen LogP contribution is 2.35. The van der Waals surface area contributed by atoms with Gasteiger partial charge in [-0.05, 0) is 47.5 Å². The van der Waals surface area contributed by atoms with E-state index in [9.17, 15) is 0 Å².